The molecule has 0 radical (unpaired) electrons. The van der Waals surface area contributed by atoms with E-state index in [1.54, 1.807) is 0 Å². The highest BCUT2D eigenvalue weighted by atomic mass is 16.6. The van der Waals surface area contributed by atoms with Crippen LogP contribution >= 0.6 is 0 Å². The van der Waals surface area contributed by atoms with E-state index in [2.05, 4.69) is 6.92 Å². The number of aliphatic hydroxyl groups excluding tert-OH is 2. The summed E-state index contributed by atoms with van der Waals surface area (Å²) in [6.45, 7) is 2.25. The molecule has 0 saturated heterocycles. The molecule has 0 bridgehead atoms. The first-order valence-corrected chi connectivity index (χ1v) is 11.9. The Labute approximate surface area is 182 Å². The third-order valence-corrected chi connectivity index (χ3v) is 5.75. The molecular weight excluding hydrogens is 384 g/mol. The molecule has 6 nitrogen and oxygen atoms in total. The maximum Gasteiger partial charge on any atom is 0.378 e. The number of ether oxygens (including phenoxy) is 2. The molecule has 0 aromatic rings. The molecule has 1 aliphatic rings. The van der Waals surface area contributed by atoms with Gasteiger partial charge in [-0.25, -0.2) is 4.79 Å². The zero-order valence-electron chi connectivity index (χ0n) is 19.0. The number of carbonyl (C=O) groups is 2. The maximum atomic E-state index is 12.0. The SMILES string of the molecule is CCCCCCCCCCCCCCCC(=O)CC[C@H](O)[C@H]1OC(=O)C(OC)=C1O. The van der Waals surface area contributed by atoms with Gasteiger partial charge in [0.15, 0.2) is 11.9 Å². The number of cyclic esters (lactones) is 1. The Hall–Kier alpha value is -1.56. The predicted molar refractivity (Wildman–Crippen MR) is 117 cm³/mol. The molecule has 1 rings (SSSR count). The number of hydrogen-bond acceptors (Lipinski definition) is 6. The number of Topliss-reactive ketones (excluding diaryl/α,β-unsaturated/α-hetero) is 1. The highest BCUT2D eigenvalue weighted by Gasteiger charge is 2.40. The maximum absolute atomic E-state index is 12.0. The van der Waals surface area contributed by atoms with Gasteiger partial charge in [0.05, 0.1) is 13.2 Å². The molecule has 30 heavy (non-hydrogen) atoms. The van der Waals surface area contributed by atoms with Crippen molar-refractivity contribution in [2.24, 2.45) is 0 Å². The molecule has 0 aliphatic carbocycles. The van der Waals surface area contributed by atoms with E-state index >= 15 is 0 Å². The Morgan fingerprint density at radius 3 is 1.90 bits per heavy atom. The Kier molecular flexibility index (Phi) is 14.3. The van der Waals surface area contributed by atoms with Gasteiger partial charge < -0.3 is 19.7 Å². The van der Waals surface area contributed by atoms with Crippen LogP contribution in [0.5, 0.6) is 0 Å². The normalized spacial score (nSPS) is 17.3. The second kappa shape index (κ2) is 16.2. The van der Waals surface area contributed by atoms with Crippen molar-refractivity contribution in [2.45, 2.75) is 122 Å². The van der Waals surface area contributed by atoms with Crippen LogP contribution in [0, 0.1) is 0 Å². The third-order valence-electron chi connectivity index (χ3n) is 5.75. The number of rotatable bonds is 19. The lowest BCUT2D eigenvalue weighted by Crippen LogP contribution is -2.29. The summed E-state index contributed by atoms with van der Waals surface area (Å²) in [6, 6.07) is 0. The van der Waals surface area contributed by atoms with Crippen molar-refractivity contribution < 1.29 is 29.3 Å². The summed E-state index contributed by atoms with van der Waals surface area (Å²) in [5, 5.41) is 20.0. The first kappa shape index (κ1) is 26.5. The molecular formula is C24H42O6. The fourth-order valence-electron chi connectivity index (χ4n) is 3.83. The molecule has 174 valence electrons. The van der Waals surface area contributed by atoms with Gasteiger partial charge in [0.1, 0.15) is 5.78 Å². The van der Waals surface area contributed by atoms with Crippen LogP contribution in [0.2, 0.25) is 0 Å². The lowest BCUT2D eigenvalue weighted by atomic mass is 10.0. The number of carbonyl (C=O) groups excluding carboxylic acids is 2. The molecule has 2 N–H and O–H groups in total. The molecule has 1 heterocycles. The number of methoxy groups -OCH3 is 1. The molecule has 1 aliphatic heterocycles. The highest BCUT2D eigenvalue weighted by Crippen LogP contribution is 2.25. The van der Waals surface area contributed by atoms with Gasteiger partial charge in [-0.3, -0.25) is 4.79 Å². The van der Waals surface area contributed by atoms with Gasteiger partial charge in [-0.15, -0.1) is 0 Å². The van der Waals surface area contributed by atoms with E-state index in [-0.39, 0.29) is 24.4 Å². The van der Waals surface area contributed by atoms with E-state index < -0.39 is 23.9 Å². The van der Waals surface area contributed by atoms with E-state index in [1.807, 2.05) is 0 Å². The minimum atomic E-state index is -1.14. The lowest BCUT2D eigenvalue weighted by molar-refractivity contribution is -0.147. The third kappa shape index (κ3) is 10.5. The van der Waals surface area contributed by atoms with Crippen molar-refractivity contribution in [3.05, 3.63) is 11.5 Å². The standard InChI is InChI=1S/C24H42O6/c1-3-4-5-6-7-8-9-10-11-12-13-14-15-16-19(25)17-18-20(26)22-21(27)23(29-2)24(28)30-22/h20,22,26-27H,3-18H2,1-2H3/t20-,22+/m0/s1. The minimum absolute atomic E-state index is 0.0943. The number of esters is 1. The molecule has 0 aromatic heterocycles. The Morgan fingerprint density at radius 1 is 0.933 bits per heavy atom. The number of unbranched alkanes of at least 4 members (excludes halogenated alkanes) is 12. The van der Waals surface area contributed by atoms with Gasteiger partial charge >= 0.3 is 5.97 Å². The second-order valence-corrected chi connectivity index (χ2v) is 8.38. The van der Waals surface area contributed by atoms with Crippen molar-refractivity contribution in [2.75, 3.05) is 7.11 Å². The summed E-state index contributed by atoms with van der Waals surface area (Å²) in [5.41, 5.74) is 0. The molecule has 0 unspecified atom stereocenters. The average molecular weight is 427 g/mol. The summed E-state index contributed by atoms with van der Waals surface area (Å²) >= 11 is 0. The van der Waals surface area contributed by atoms with E-state index in [0.29, 0.717) is 6.42 Å². The molecule has 0 saturated carbocycles. The summed E-state index contributed by atoms with van der Waals surface area (Å²) < 4.78 is 9.65. The van der Waals surface area contributed by atoms with Crippen molar-refractivity contribution in [1.82, 2.24) is 0 Å². The Balaban J connectivity index is 1.97. The van der Waals surface area contributed by atoms with E-state index in [0.717, 1.165) is 12.8 Å². The fraction of sp³-hybridized carbons (Fsp3) is 0.833. The predicted octanol–water partition coefficient (Wildman–Crippen LogP) is 5.52. The monoisotopic (exact) mass is 426 g/mol. The van der Waals surface area contributed by atoms with Crippen LogP contribution in [0.4, 0.5) is 0 Å². The molecule has 0 amide bonds. The van der Waals surface area contributed by atoms with Crippen LogP contribution in [0.3, 0.4) is 0 Å². The Bertz CT molecular complexity index is 528. The van der Waals surface area contributed by atoms with Crippen LogP contribution in [0.15, 0.2) is 11.5 Å². The minimum Gasteiger partial charge on any atom is -0.505 e. The smallest absolute Gasteiger partial charge is 0.378 e. The van der Waals surface area contributed by atoms with E-state index in [9.17, 15) is 19.8 Å². The first-order chi connectivity index (χ1) is 14.5. The van der Waals surface area contributed by atoms with Gasteiger partial charge in [0.2, 0.25) is 5.76 Å². The van der Waals surface area contributed by atoms with Gasteiger partial charge in [-0.2, -0.15) is 0 Å². The molecule has 2 atom stereocenters. The lowest BCUT2D eigenvalue weighted by Gasteiger charge is -2.16. The second-order valence-electron chi connectivity index (χ2n) is 8.38. The van der Waals surface area contributed by atoms with E-state index in [4.69, 9.17) is 9.47 Å². The van der Waals surface area contributed by atoms with Gasteiger partial charge in [0, 0.05) is 12.8 Å². The number of aliphatic hydroxyl groups is 2. The quantitative estimate of drug-likeness (QED) is 0.209. The van der Waals surface area contributed by atoms with Crippen LogP contribution in [0.25, 0.3) is 0 Å². The topological polar surface area (TPSA) is 93.1 Å². The highest BCUT2D eigenvalue weighted by molar-refractivity contribution is 5.89. The van der Waals surface area contributed by atoms with Crippen molar-refractivity contribution in [3.8, 4) is 0 Å². The summed E-state index contributed by atoms with van der Waals surface area (Å²) in [7, 11) is 1.25. The summed E-state index contributed by atoms with van der Waals surface area (Å²) in [4.78, 5) is 23.5. The number of hydrogen-bond donors (Lipinski definition) is 2. The van der Waals surface area contributed by atoms with Crippen molar-refractivity contribution in [3.63, 3.8) is 0 Å². The van der Waals surface area contributed by atoms with Crippen LogP contribution in [0.1, 0.15) is 110 Å². The fourth-order valence-corrected chi connectivity index (χ4v) is 3.83. The van der Waals surface area contributed by atoms with Gasteiger partial charge in [0.25, 0.3) is 0 Å². The molecule has 0 spiro atoms. The van der Waals surface area contributed by atoms with Gasteiger partial charge in [-0.1, -0.05) is 84.0 Å². The first-order valence-electron chi connectivity index (χ1n) is 11.9. The van der Waals surface area contributed by atoms with E-state index in [1.165, 1.54) is 77.7 Å². The zero-order valence-corrected chi connectivity index (χ0v) is 19.0. The molecule has 0 aromatic carbocycles. The van der Waals surface area contributed by atoms with Crippen LogP contribution in [-0.2, 0) is 19.1 Å². The van der Waals surface area contributed by atoms with Gasteiger partial charge in [-0.05, 0) is 12.8 Å². The zero-order chi connectivity index (χ0) is 22.2. The number of ketones is 1. The summed E-state index contributed by atoms with van der Waals surface area (Å²) in [6.07, 6.45) is 15.1. The molecule has 6 heteroatoms. The van der Waals surface area contributed by atoms with Crippen molar-refractivity contribution in [1.29, 1.82) is 0 Å². The largest absolute Gasteiger partial charge is 0.505 e. The summed E-state index contributed by atoms with van der Waals surface area (Å²) in [5.74, 6) is -1.38. The van der Waals surface area contributed by atoms with Crippen molar-refractivity contribution >= 4 is 11.8 Å². The Morgan fingerprint density at radius 2 is 1.43 bits per heavy atom. The average Bonchev–Trinajstić information content (AvgIpc) is 3.03. The van der Waals surface area contributed by atoms with Crippen LogP contribution < -0.4 is 0 Å². The van der Waals surface area contributed by atoms with Crippen LogP contribution in [-0.4, -0.2) is 41.3 Å². The molecule has 0 fully saturated rings.